The molecule has 0 spiro atoms. The molecular weight excluding hydrogens is 311 g/mol. The number of carbonyl (C=O) groups is 1. The number of carbonyl (C=O) groups excluding carboxylic acids is 1. The van der Waals surface area contributed by atoms with Crippen molar-refractivity contribution in [2.75, 3.05) is 32.8 Å². The molecule has 0 aliphatic carbocycles. The molecule has 1 heterocycles. The quantitative estimate of drug-likeness (QED) is 0.843. The molecule has 0 saturated carbocycles. The van der Waals surface area contributed by atoms with E-state index in [0.29, 0.717) is 31.2 Å². The maximum Gasteiger partial charge on any atom is 0.225 e. The molecule has 0 bridgehead atoms. The molecule has 1 fully saturated rings. The van der Waals surface area contributed by atoms with E-state index in [1.165, 1.54) is 0 Å². The van der Waals surface area contributed by atoms with Crippen LogP contribution in [0.1, 0.15) is 24.9 Å². The summed E-state index contributed by atoms with van der Waals surface area (Å²) in [5.74, 6) is 0.130. The molecule has 0 radical (unpaired) electrons. The third-order valence-corrected chi connectivity index (χ3v) is 3.84. The highest BCUT2D eigenvalue weighted by molar-refractivity contribution is 6.31. The summed E-state index contributed by atoms with van der Waals surface area (Å²) in [4.78, 5) is 14.3. The highest BCUT2D eigenvalue weighted by Crippen LogP contribution is 2.28. The molecule has 1 unspecified atom stereocenters. The fourth-order valence-electron chi connectivity index (χ4n) is 2.47. The predicted octanol–water partition coefficient (Wildman–Crippen LogP) is 2.66. The second-order valence-corrected chi connectivity index (χ2v) is 5.18. The van der Waals surface area contributed by atoms with Crippen LogP contribution < -0.4 is 5.32 Å². The van der Waals surface area contributed by atoms with Crippen molar-refractivity contribution in [3.05, 3.63) is 34.9 Å². The largest absolute Gasteiger partial charge is 0.381 e. The lowest BCUT2D eigenvalue weighted by Crippen LogP contribution is -2.49. The van der Waals surface area contributed by atoms with E-state index in [0.717, 1.165) is 18.7 Å². The first-order valence-electron chi connectivity index (χ1n) is 7.06. The summed E-state index contributed by atoms with van der Waals surface area (Å²) in [6.07, 6.45) is 0.425. The van der Waals surface area contributed by atoms with Gasteiger partial charge in [0.2, 0.25) is 5.91 Å². The van der Waals surface area contributed by atoms with Crippen LogP contribution in [-0.2, 0) is 9.53 Å². The summed E-state index contributed by atoms with van der Waals surface area (Å²) < 4.78 is 5.27. The minimum absolute atomic E-state index is 0. The van der Waals surface area contributed by atoms with Gasteiger partial charge in [-0.15, -0.1) is 12.4 Å². The van der Waals surface area contributed by atoms with Gasteiger partial charge in [-0.1, -0.05) is 29.8 Å². The normalized spacial score (nSPS) is 18.2. The number of amides is 1. The predicted molar refractivity (Wildman–Crippen MR) is 87.1 cm³/mol. The van der Waals surface area contributed by atoms with Crippen LogP contribution in [0.15, 0.2) is 24.3 Å². The molecule has 0 aromatic heterocycles. The van der Waals surface area contributed by atoms with Crippen molar-refractivity contribution in [1.82, 2.24) is 10.2 Å². The van der Waals surface area contributed by atoms with Crippen LogP contribution in [0.2, 0.25) is 5.02 Å². The number of ether oxygens (including phenoxy) is 1. The van der Waals surface area contributed by atoms with E-state index >= 15 is 0 Å². The van der Waals surface area contributed by atoms with Crippen LogP contribution in [0.25, 0.3) is 0 Å². The van der Waals surface area contributed by atoms with E-state index in [1.54, 1.807) is 0 Å². The average molecular weight is 333 g/mol. The molecular formula is C15H22Cl2N2O2. The number of nitrogens with zero attached hydrogens (tertiary/aromatic N) is 1. The molecule has 1 saturated heterocycles. The Hall–Kier alpha value is -0.810. The number of nitrogens with one attached hydrogen (secondary N) is 1. The molecule has 1 atom stereocenters. The summed E-state index contributed by atoms with van der Waals surface area (Å²) >= 11 is 6.26. The summed E-state index contributed by atoms with van der Waals surface area (Å²) in [5, 5.41) is 4.04. The van der Waals surface area contributed by atoms with E-state index in [1.807, 2.05) is 36.1 Å². The molecule has 2 rings (SSSR count). The summed E-state index contributed by atoms with van der Waals surface area (Å²) in [6, 6.07) is 7.73. The van der Waals surface area contributed by atoms with Crippen molar-refractivity contribution in [2.45, 2.75) is 19.4 Å². The zero-order chi connectivity index (χ0) is 14.4. The summed E-state index contributed by atoms with van der Waals surface area (Å²) in [5.41, 5.74) is 1.01. The zero-order valence-corrected chi connectivity index (χ0v) is 13.8. The fraction of sp³-hybridized carbons (Fsp3) is 0.533. The van der Waals surface area contributed by atoms with Gasteiger partial charge in [-0.25, -0.2) is 0 Å². The Balaban J connectivity index is 0.00000220. The van der Waals surface area contributed by atoms with E-state index < -0.39 is 0 Å². The number of hydrogen-bond acceptors (Lipinski definition) is 3. The maximum absolute atomic E-state index is 12.3. The van der Waals surface area contributed by atoms with E-state index in [-0.39, 0.29) is 24.4 Å². The van der Waals surface area contributed by atoms with Gasteiger partial charge in [0, 0.05) is 31.3 Å². The Labute approximate surface area is 137 Å². The number of halogens is 2. The van der Waals surface area contributed by atoms with Crippen LogP contribution >= 0.6 is 24.0 Å². The Morgan fingerprint density at radius 1 is 1.48 bits per heavy atom. The first-order chi connectivity index (χ1) is 9.74. The van der Waals surface area contributed by atoms with Crippen molar-refractivity contribution in [2.24, 2.45) is 0 Å². The van der Waals surface area contributed by atoms with Gasteiger partial charge in [0.15, 0.2) is 0 Å². The van der Waals surface area contributed by atoms with Gasteiger partial charge >= 0.3 is 0 Å². The van der Waals surface area contributed by atoms with Gasteiger partial charge in [0.1, 0.15) is 0 Å². The van der Waals surface area contributed by atoms with Gasteiger partial charge < -0.3 is 15.0 Å². The van der Waals surface area contributed by atoms with Crippen molar-refractivity contribution in [1.29, 1.82) is 0 Å². The second kappa shape index (κ2) is 9.26. The SMILES string of the molecule is CCOCCC(=O)N1CCNCC1c1ccccc1Cl.Cl. The second-order valence-electron chi connectivity index (χ2n) is 4.78. The number of rotatable bonds is 5. The van der Waals surface area contributed by atoms with Crippen molar-refractivity contribution < 1.29 is 9.53 Å². The Morgan fingerprint density at radius 2 is 2.24 bits per heavy atom. The number of piperazine rings is 1. The highest BCUT2D eigenvalue weighted by atomic mass is 35.5. The molecule has 21 heavy (non-hydrogen) atoms. The lowest BCUT2D eigenvalue weighted by molar-refractivity contribution is -0.135. The summed E-state index contributed by atoms with van der Waals surface area (Å²) in [6.45, 7) is 5.32. The molecule has 1 N–H and O–H groups in total. The van der Waals surface area contributed by atoms with E-state index in [4.69, 9.17) is 16.3 Å². The first kappa shape index (κ1) is 18.2. The van der Waals surface area contributed by atoms with E-state index in [2.05, 4.69) is 5.32 Å². The minimum Gasteiger partial charge on any atom is -0.381 e. The van der Waals surface area contributed by atoms with Crippen LogP contribution in [0.4, 0.5) is 0 Å². The van der Waals surface area contributed by atoms with Crippen LogP contribution in [0, 0.1) is 0 Å². The van der Waals surface area contributed by atoms with Gasteiger partial charge in [0.05, 0.1) is 19.1 Å². The molecule has 1 aromatic rings. The maximum atomic E-state index is 12.3. The van der Waals surface area contributed by atoms with Gasteiger partial charge in [0.25, 0.3) is 0 Å². The molecule has 1 amide bonds. The average Bonchev–Trinajstić information content (AvgIpc) is 2.48. The monoisotopic (exact) mass is 332 g/mol. The standard InChI is InChI=1S/C15H21ClN2O2.ClH/c1-2-20-10-7-15(19)18-9-8-17-11-14(18)12-5-3-4-6-13(12)16;/h3-6,14,17H,2,7-11H2,1H3;1H. The molecule has 6 heteroatoms. The van der Waals surface area contributed by atoms with Gasteiger partial charge in [-0.2, -0.15) is 0 Å². The smallest absolute Gasteiger partial charge is 0.225 e. The molecule has 1 aliphatic rings. The van der Waals surface area contributed by atoms with Crippen molar-refractivity contribution in [3.63, 3.8) is 0 Å². The van der Waals surface area contributed by atoms with Crippen molar-refractivity contribution >= 4 is 29.9 Å². The molecule has 1 aromatic carbocycles. The third-order valence-electron chi connectivity index (χ3n) is 3.49. The lowest BCUT2D eigenvalue weighted by atomic mass is 10.0. The Kier molecular flexibility index (Phi) is 8.04. The van der Waals surface area contributed by atoms with Crippen LogP contribution in [0.3, 0.4) is 0 Å². The minimum atomic E-state index is 0. The molecule has 4 nitrogen and oxygen atoms in total. The fourth-order valence-corrected chi connectivity index (χ4v) is 2.74. The van der Waals surface area contributed by atoms with Crippen molar-refractivity contribution in [3.8, 4) is 0 Å². The third kappa shape index (κ3) is 4.85. The van der Waals surface area contributed by atoms with Gasteiger partial charge in [-0.05, 0) is 18.6 Å². The van der Waals surface area contributed by atoms with Gasteiger partial charge in [-0.3, -0.25) is 4.79 Å². The zero-order valence-electron chi connectivity index (χ0n) is 12.2. The topological polar surface area (TPSA) is 41.6 Å². The van der Waals surface area contributed by atoms with E-state index in [9.17, 15) is 4.79 Å². The summed E-state index contributed by atoms with van der Waals surface area (Å²) in [7, 11) is 0. The van der Waals surface area contributed by atoms with Crippen LogP contribution in [-0.4, -0.2) is 43.7 Å². The lowest BCUT2D eigenvalue weighted by Gasteiger charge is -2.37. The Bertz CT molecular complexity index is 457. The highest BCUT2D eigenvalue weighted by Gasteiger charge is 2.28. The molecule has 118 valence electrons. The Morgan fingerprint density at radius 3 is 2.95 bits per heavy atom. The van der Waals surface area contributed by atoms with Crippen LogP contribution in [0.5, 0.6) is 0 Å². The molecule has 1 aliphatic heterocycles. The number of benzene rings is 1. The first-order valence-corrected chi connectivity index (χ1v) is 7.44. The number of hydrogen-bond donors (Lipinski definition) is 1.